The number of benzene rings is 1. The number of carboxylic acids is 1. The Labute approximate surface area is 127 Å². The summed E-state index contributed by atoms with van der Waals surface area (Å²) in [6.07, 6.45) is 0. The fraction of sp³-hybridized carbons (Fsp3) is 0.0714. The smallest absolute Gasteiger partial charge is 0.313 e. The molecule has 0 aliphatic rings. The van der Waals surface area contributed by atoms with Crippen molar-refractivity contribution in [1.29, 1.82) is 0 Å². The van der Waals surface area contributed by atoms with E-state index in [-0.39, 0.29) is 11.3 Å². The normalized spacial score (nSPS) is 10.9. The van der Waals surface area contributed by atoms with E-state index >= 15 is 0 Å². The first kappa shape index (κ1) is 13.8. The summed E-state index contributed by atoms with van der Waals surface area (Å²) in [6.45, 7) is 0. The molecule has 3 aromatic rings. The molecule has 0 radical (unpaired) electrons. The number of thiophene rings is 1. The van der Waals surface area contributed by atoms with Crippen LogP contribution in [0.5, 0.6) is 0 Å². The molecule has 1 aromatic carbocycles. The summed E-state index contributed by atoms with van der Waals surface area (Å²) in [6, 6.07) is 10.9. The lowest BCUT2D eigenvalue weighted by atomic mass is 10.3. The average molecular weight is 318 g/mol. The minimum Gasteiger partial charge on any atom is -0.481 e. The van der Waals surface area contributed by atoms with Gasteiger partial charge in [0.05, 0.1) is 17.0 Å². The van der Waals surface area contributed by atoms with Crippen LogP contribution in [0.1, 0.15) is 0 Å². The van der Waals surface area contributed by atoms with E-state index in [1.165, 1.54) is 15.9 Å². The highest BCUT2D eigenvalue weighted by atomic mass is 32.2. The summed E-state index contributed by atoms with van der Waals surface area (Å²) in [5.74, 6) is -1.09. The number of para-hydroxylation sites is 1. The maximum absolute atomic E-state index is 12.6. The van der Waals surface area contributed by atoms with E-state index in [9.17, 15) is 9.59 Å². The van der Waals surface area contributed by atoms with Crippen LogP contribution in [0.3, 0.4) is 0 Å². The van der Waals surface area contributed by atoms with Gasteiger partial charge < -0.3 is 5.11 Å². The summed E-state index contributed by atoms with van der Waals surface area (Å²) in [7, 11) is 0. The summed E-state index contributed by atoms with van der Waals surface area (Å²) in [5.41, 5.74) is 1.11. The van der Waals surface area contributed by atoms with E-state index in [1.54, 1.807) is 23.6 Å². The van der Waals surface area contributed by atoms with Crippen molar-refractivity contribution in [3.05, 3.63) is 52.1 Å². The van der Waals surface area contributed by atoms with Gasteiger partial charge in [0.2, 0.25) is 0 Å². The summed E-state index contributed by atoms with van der Waals surface area (Å²) in [4.78, 5) is 27.8. The molecule has 5 nitrogen and oxygen atoms in total. The average Bonchev–Trinajstić information content (AvgIpc) is 2.95. The first-order chi connectivity index (χ1) is 10.2. The molecule has 0 saturated carbocycles. The molecule has 0 amide bonds. The second kappa shape index (κ2) is 5.71. The number of aliphatic carboxylic acids is 1. The Morgan fingerprint density at radius 2 is 2.05 bits per heavy atom. The van der Waals surface area contributed by atoms with E-state index in [2.05, 4.69) is 4.98 Å². The zero-order chi connectivity index (χ0) is 14.8. The van der Waals surface area contributed by atoms with Crippen LogP contribution in [0.15, 0.2) is 51.7 Å². The van der Waals surface area contributed by atoms with Gasteiger partial charge in [0.25, 0.3) is 5.56 Å². The molecule has 0 aliphatic carbocycles. The number of carbonyl (C=O) groups is 1. The minimum absolute atomic E-state index is 0.144. The van der Waals surface area contributed by atoms with Gasteiger partial charge in [-0.25, -0.2) is 4.98 Å². The SMILES string of the molecule is O=C(O)CSc1nc2ccsc2c(=O)n1-c1ccccc1. The third-order valence-corrected chi connectivity index (χ3v) is 4.60. The van der Waals surface area contributed by atoms with Crippen LogP contribution in [-0.2, 0) is 4.79 Å². The summed E-state index contributed by atoms with van der Waals surface area (Å²) < 4.78 is 2.03. The summed E-state index contributed by atoms with van der Waals surface area (Å²) in [5, 5.41) is 11.0. The zero-order valence-corrected chi connectivity index (χ0v) is 12.4. The molecular weight excluding hydrogens is 308 g/mol. The van der Waals surface area contributed by atoms with Crippen molar-refractivity contribution in [2.45, 2.75) is 5.16 Å². The van der Waals surface area contributed by atoms with Crippen molar-refractivity contribution in [2.24, 2.45) is 0 Å². The van der Waals surface area contributed by atoms with Crippen LogP contribution in [-0.4, -0.2) is 26.4 Å². The molecule has 0 atom stereocenters. The topological polar surface area (TPSA) is 72.2 Å². The second-order valence-electron chi connectivity index (χ2n) is 4.19. The van der Waals surface area contributed by atoms with Gasteiger partial charge in [0.1, 0.15) is 4.70 Å². The van der Waals surface area contributed by atoms with E-state index in [4.69, 9.17) is 5.11 Å². The van der Waals surface area contributed by atoms with Gasteiger partial charge in [-0.1, -0.05) is 30.0 Å². The summed E-state index contributed by atoms with van der Waals surface area (Å²) >= 11 is 2.37. The molecular formula is C14H10N2O3S2. The quantitative estimate of drug-likeness (QED) is 0.591. The highest BCUT2D eigenvalue weighted by Gasteiger charge is 2.15. The molecule has 106 valence electrons. The Morgan fingerprint density at radius 1 is 1.29 bits per heavy atom. The molecule has 0 spiro atoms. The van der Waals surface area contributed by atoms with Crippen LogP contribution in [0.4, 0.5) is 0 Å². The lowest BCUT2D eigenvalue weighted by Crippen LogP contribution is -2.21. The lowest BCUT2D eigenvalue weighted by molar-refractivity contribution is -0.133. The number of fused-ring (bicyclic) bond motifs is 1. The van der Waals surface area contributed by atoms with Gasteiger partial charge in [0, 0.05) is 0 Å². The number of nitrogens with zero attached hydrogens (tertiary/aromatic N) is 2. The van der Waals surface area contributed by atoms with Crippen molar-refractivity contribution >= 4 is 39.3 Å². The van der Waals surface area contributed by atoms with Crippen molar-refractivity contribution in [2.75, 3.05) is 5.75 Å². The van der Waals surface area contributed by atoms with Gasteiger partial charge >= 0.3 is 5.97 Å². The number of rotatable bonds is 4. The van der Waals surface area contributed by atoms with Crippen molar-refractivity contribution in [1.82, 2.24) is 9.55 Å². The van der Waals surface area contributed by atoms with Gasteiger partial charge in [-0.05, 0) is 23.6 Å². The van der Waals surface area contributed by atoms with Gasteiger partial charge in [-0.15, -0.1) is 11.3 Å². The third-order valence-electron chi connectivity index (χ3n) is 2.79. The highest BCUT2D eigenvalue weighted by molar-refractivity contribution is 7.99. The Bertz CT molecular complexity index is 856. The van der Waals surface area contributed by atoms with E-state index in [0.717, 1.165) is 11.8 Å². The third kappa shape index (κ3) is 2.70. The fourth-order valence-electron chi connectivity index (χ4n) is 1.92. The molecule has 0 saturated heterocycles. The van der Waals surface area contributed by atoms with E-state index in [1.807, 2.05) is 18.2 Å². The van der Waals surface area contributed by atoms with Gasteiger partial charge in [-0.3, -0.25) is 14.2 Å². The predicted octanol–water partition coefficient (Wildman–Crippen LogP) is 2.62. The maximum Gasteiger partial charge on any atom is 0.313 e. The Balaban J connectivity index is 2.23. The monoisotopic (exact) mass is 318 g/mol. The predicted molar refractivity (Wildman–Crippen MR) is 83.6 cm³/mol. The maximum atomic E-state index is 12.6. The fourth-order valence-corrected chi connectivity index (χ4v) is 3.41. The Kier molecular flexibility index (Phi) is 3.76. The number of thioether (sulfide) groups is 1. The Morgan fingerprint density at radius 3 is 2.76 bits per heavy atom. The highest BCUT2D eigenvalue weighted by Crippen LogP contribution is 2.23. The molecule has 2 aromatic heterocycles. The van der Waals surface area contributed by atoms with E-state index < -0.39 is 5.97 Å². The van der Waals surface area contributed by atoms with Gasteiger partial charge in [0.15, 0.2) is 5.16 Å². The Hall–Kier alpha value is -2.12. The van der Waals surface area contributed by atoms with Crippen molar-refractivity contribution < 1.29 is 9.90 Å². The van der Waals surface area contributed by atoms with Crippen LogP contribution in [0.2, 0.25) is 0 Å². The number of hydrogen-bond donors (Lipinski definition) is 1. The lowest BCUT2D eigenvalue weighted by Gasteiger charge is -2.11. The van der Waals surface area contributed by atoms with Crippen LogP contribution >= 0.6 is 23.1 Å². The second-order valence-corrected chi connectivity index (χ2v) is 6.05. The molecule has 7 heteroatoms. The van der Waals surface area contributed by atoms with Crippen LogP contribution < -0.4 is 5.56 Å². The molecule has 3 rings (SSSR count). The largest absolute Gasteiger partial charge is 0.481 e. The molecule has 0 unspecified atom stereocenters. The first-order valence-corrected chi connectivity index (χ1v) is 7.93. The van der Waals surface area contributed by atoms with Gasteiger partial charge in [-0.2, -0.15) is 0 Å². The number of hydrogen-bond acceptors (Lipinski definition) is 5. The van der Waals surface area contributed by atoms with E-state index in [0.29, 0.717) is 21.1 Å². The molecule has 0 fully saturated rings. The molecule has 0 bridgehead atoms. The minimum atomic E-state index is -0.945. The van der Waals surface area contributed by atoms with Crippen LogP contribution in [0.25, 0.3) is 15.9 Å². The first-order valence-electron chi connectivity index (χ1n) is 6.07. The molecule has 2 heterocycles. The zero-order valence-electron chi connectivity index (χ0n) is 10.7. The number of carboxylic acid groups (broad SMARTS) is 1. The standard InChI is InChI=1S/C14H10N2O3S2/c17-11(18)8-21-14-15-10-6-7-20-12(10)13(19)16(14)9-4-2-1-3-5-9/h1-7H,8H2,(H,17,18). The van der Waals surface area contributed by atoms with Crippen molar-refractivity contribution in [3.63, 3.8) is 0 Å². The van der Waals surface area contributed by atoms with Crippen molar-refractivity contribution in [3.8, 4) is 5.69 Å². The van der Waals surface area contributed by atoms with Crippen LogP contribution in [0, 0.1) is 0 Å². The molecule has 1 N–H and O–H groups in total. The molecule has 21 heavy (non-hydrogen) atoms. The molecule has 0 aliphatic heterocycles. The number of aromatic nitrogens is 2.